The number of rotatable bonds is 4. The molecule has 1 atom stereocenters. The molecule has 2 aromatic carbocycles. The summed E-state index contributed by atoms with van der Waals surface area (Å²) >= 11 is 0. The summed E-state index contributed by atoms with van der Waals surface area (Å²) in [6.45, 7) is 0. The molecule has 1 aliphatic rings. The van der Waals surface area contributed by atoms with Gasteiger partial charge in [-0.1, -0.05) is 24.3 Å². The molecule has 5 nitrogen and oxygen atoms in total. The zero-order valence-corrected chi connectivity index (χ0v) is 13.7. The van der Waals surface area contributed by atoms with Gasteiger partial charge in [-0.15, -0.1) is 0 Å². The van der Waals surface area contributed by atoms with Crippen LogP contribution in [0, 0.1) is 11.3 Å². The summed E-state index contributed by atoms with van der Waals surface area (Å²) in [4.78, 5) is 12.2. The molecule has 1 N–H and O–H groups in total. The van der Waals surface area contributed by atoms with E-state index in [4.69, 9.17) is 5.26 Å². The predicted octanol–water partition coefficient (Wildman–Crippen LogP) is 2.48. The zero-order valence-electron chi connectivity index (χ0n) is 12.9. The van der Waals surface area contributed by atoms with Crippen molar-refractivity contribution in [3.8, 4) is 6.07 Å². The average Bonchev–Trinajstić information content (AvgIpc) is 2.97. The lowest BCUT2D eigenvalue weighted by Crippen LogP contribution is -2.31. The maximum Gasteiger partial charge on any atom is 0.264 e. The summed E-state index contributed by atoms with van der Waals surface area (Å²) in [5.41, 5.74) is 2.72. The molecule has 0 bridgehead atoms. The first-order chi connectivity index (χ1) is 11.5. The fraction of sp³-hybridized carbons (Fsp3) is 0.222. The van der Waals surface area contributed by atoms with Crippen molar-refractivity contribution in [2.45, 2.75) is 30.1 Å². The molecule has 2 aromatic rings. The normalized spacial score (nSPS) is 16.2. The van der Waals surface area contributed by atoms with E-state index in [0.29, 0.717) is 5.56 Å². The van der Waals surface area contributed by atoms with Crippen LogP contribution in [0.4, 0.5) is 0 Å². The Morgan fingerprint density at radius 2 is 1.88 bits per heavy atom. The predicted molar refractivity (Wildman–Crippen MR) is 88.6 cm³/mol. The maximum absolute atomic E-state index is 12.2. The number of hydrogen-bond donors (Lipinski definition) is 1. The van der Waals surface area contributed by atoms with Crippen molar-refractivity contribution in [2.75, 3.05) is 0 Å². The molecule has 3 rings (SSSR count). The molecule has 0 heterocycles. The summed E-state index contributed by atoms with van der Waals surface area (Å²) in [6, 6.07) is 15.3. The summed E-state index contributed by atoms with van der Waals surface area (Å²) in [6.07, 6.45) is 1.91. The molecule has 0 spiro atoms. The van der Waals surface area contributed by atoms with Crippen LogP contribution in [0.5, 0.6) is 0 Å². The number of carbonyl (C=O) groups excluding carboxylic acids is 1. The second-order valence-corrected chi connectivity index (χ2v) is 7.49. The van der Waals surface area contributed by atoms with E-state index in [2.05, 4.69) is 4.72 Å². The molecule has 1 unspecified atom stereocenters. The highest BCUT2D eigenvalue weighted by Crippen LogP contribution is 2.35. The minimum absolute atomic E-state index is 0.0262. The van der Waals surface area contributed by atoms with Crippen LogP contribution in [-0.2, 0) is 21.2 Å². The van der Waals surface area contributed by atoms with E-state index in [1.54, 1.807) is 0 Å². The van der Waals surface area contributed by atoms with E-state index in [1.165, 1.54) is 29.8 Å². The molecule has 0 fully saturated rings. The topological polar surface area (TPSA) is 87.0 Å². The van der Waals surface area contributed by atoms with E-state index in [9.17, 15) is 13.2 Å². The minimum Gasteiger partial charge on any atom is -0.274 e. The van der Waals surface area contributed by atoms with Crippen molar-refractivity contribution in [3.05, 3.63) is 65.2 Å². The molecule has 0 radical (unpaired) electrons. The fourth-order valence-corrected chi connectivity index (χ4v) is 4.04. The molecule has 0 saturated heterocycles. The van der Waals surface area contributed by atoms with Gasteiger partial charge in [-0.3, -0.25) is 4.79 Å². The Labute approximate surface area is 141 Å². The Kier molecular flexibility index (Phi) is 4.36. The van der Waals surface area contributed by atoms with Crippen LogP contribution in [0.3, 0.4) is 0 Å². The maximum atomic E-state index is 12.2. The average molecular weight is 340 g/mol. The first kappa shape index (κ1) is 16.2. The van der Waals surface area contributed by atoms with E-state index < -0.39 is 15.9 Å². The van der Waals surface area contributed by atoms with Crippen molar-refractivity contribution in [3.63, 3.8) is 0 Å². The Morgan fingerprint density at radius 3 is 2.58 bits per heavy atom. The number of carbonyl (C=O) groups is 1. The van der Waals surface area contributed by atoms with E-state index >= 15 is 0 Å². The van der Waals surface area contributed by atoms with Crippen LogP contribution in [-0.4, -0.2) is 14.3 Å². The van der Waals surface area contributed by atoms with Gasteiger partial charge < -0.3 is 0 Å². The summed E-state index contributed by atoms with van der Waals surface area (Å²) in [5, 5.41) is 8.75. The van der Waals surface area contributed by atoms with E-state index in [-0.39, 0.29) is 17.2 Å². The van der Waals surface area contributed by atoms with Gasteiger partial charge in [0.05, 0.1) is 16.5 Å². The first-order valence-electron chi connectivity index (χ1n) is 7.63. The van der Waals surface area contributed by atoms with E-state index in [1.807, 2.05) is 30.3 Å². The van der Waals surface area contributed by atoms with Crippen LogP contribution >= 0.6 is 0 Å². The second kappa shape index (κ2) is 6.46. The number of fused-ring (bicyclic) bond motifs is 1. The SMILES string of the molecule is N#Cc1ccc(S(=O)(=O)NC(=O)CC2CCc3ccccc32)cc1. The number of nitrogens with one attached hydrogen (secondary N) is 1. The number of hydrogen-bond acceptors (Lipinski definition) is 4. The Balaban J connectivity index is 1.69. The summed E-state index contributed by atoms with van der Waals surface area (Å²) in [5.74, 6) is -0.460. The quantitative estimate of drug-likeness (QED) is 0.926. The third-order valence-corrected chi connectivity index (χ3v) is 5.62. The smallest absolute Gasteiger partial charge is 0.264 e. The number of aryl methyl sites for hydroxylation is 1. The molecule has 122 valence electrons. The van der Waals surface area contributed by atoms with Crippen molar-refractivity contribution in [1.82, 2.24) is 4.72 Å². The molecule has 1 aliphatic carbocycles. The number of benzene rings is 2. The van der Waals surface area contributed by atoms with Crippen molar-refractivity contribution >= 4 is 15.9 Å². The highest BCUT2D eigenvalue weighted by Gasteiger charge is 2.26. The van der Waals surface area contributed by atoms with Gasteiger partial charge in [-0.2, -0.15) is 5.26 Å². The van der Waals surface area contributed by atoms with Crippen molar-refractivity contribution in [1.29, 1.82) is 5.26 Å². The lowest BCUT2D eigenvalue weighted by molar-refractivity contribution is -0.119. The standard InChI is InChI=1S/C18H16N2O3S/c19-12-13-5-9-16(10-6-13)24(22,23)20-18(21)11-15-8-7-14-3-1-2-4-17(14)15/h1-6,9-10,15H,7-8,11H2,(H,20,21). The van der Waals surface area contributed by atoms with Gasteiger partial charge in [-0.25, -0.2) is 13.1 Å². The Bertz CT molecular complexity index is 912. The van der Waals surface area contributed by atoms with Crippen molar-refractivity contribution in [2.24, 2.45) is 0 Å². The number of amides is 1. The largest absolute Gasteiger partial charge is 0.274 e. The number of sulfonamides is 1. The van der Waals surface area contributed by atoms with Crippen LogP contribution in [0.1, 0.15) is 35.4 Å². The van der Waals surface area contributed by atoms with Gasteiger partial charge in [0.15, 0.2) is 0 Å². The fourth-order valence-electron chi connectivity index (χ4n) is 3.04. The third-order valence-electron chi connectivity index (χ3n) is 4.23. The van der Waals surface area contributed by atoms with Gasteiger partial charge in [0.1, 0.15) is 0 Å². The summed E-state index contributed by atoms with van der Waals surface area (Å²) < 4.78 is 26.6. The summed E-state index contributed by atoms with van der Waals surface area (Å²) in [7, 11) is -3.91. The molecule has 1 amide bonds. The second-order valence-electron chi connectivity index (χ2n) is 5.80. The van der Waals surface area contributed by atoms with Gasteiger partial charge in [0.2, 0.25) is 5.91 Å². The highest BCUT2D eigenvalue weighted by atomic mass is 32.2. The highest BCUT2D eigenvalue weighted by molar-refractivity contribution is 7.90. The van der Waals surface area contributed by atoms with Crippen molar-refractivity contribution < 1.29 is 13.2 Å². The lowest BCUT2D eigenvalue weighted by atomic mass is 9.98. The molecular weight excluding hydrogens is 324 g/mol. The zero-order chi connectivity index (χ0) is 17.2. The van der Waals surface area contributed by atoms with Crippen LogP contribution < -0.4 is 4.72 Å². The van der Waals surface area contributed by atoms with Gasteiger partial charge in [0, 0.05) is 6.42 Å². The molecule has 6 heteroatoms. The van der Waals surface area contributed by atoms with Gasteiger partial charge in [-0.05, 0) is 54.2 Å². The molecule has 0 saturated carbocycles. The molecule has 24 heavy (non-hydrogen) atoms. The van der Waals surface area contributed by atoms with Gasteiger partial charge in [0.25, 0.3) is 10.0 Å². The number of nitrogens with zero attached hydrogens (tertiary/aromatic N) is 1. The third kappa shape index (κ3) is 3.31. The molecular formula is C18H16N2O3S. The van der Waals surface area contributed by atoms with Crippen LogP contribution in [0.15, 0.2) is 53.4 Å². The Morgan fingerprint density at radius 1 is 1.17 bits per heavy atom. The Hall–Kier alpha value is -2.65. The molecule has 0 aliphatic heterocycles. The lowest BCUT2D eigenvalue weighted by Gasteiger charge is -2.12. The van der Waals surface area contributed by atoms with Gasteiger partial charge >= 0.3 is 0 Å². The first-order valence-corrected chi connectivity index (χ1v) is 9.11. The molecule has 0 aromatic heterocycles. The number of nitriles is 1. The van der Waals surface area contributed by atoms with E-state index in [0.717, 1.165) is 18.4 Å². The van der Waals surface area contributed by atoms with Crippen LogP contribution in [0.25, 0.3) is 0 Å². The minimum atomic E-state index is -3.91. The van der Waals surface area contributed by atoms with Crippen LogP contribution in [0.2, 0.25) is 0 Å². The monoisotopic (exact) mass is 340 g/mol.